The lowest BCUT2D eigenvalue weighted by molar-refractivity contribution is -0.118. The van der Waals surface area contributed by atoms with Crippen molar-refractivity contribution in [3.63, 3.8) is 0 Å². The van der Waals surface area contributed by atoms with Crippen LogP contribution < -0.4 is 19.7 Å². The highest BCUT2D eigenvalue weighted by Gasteiger charge is 2.33. The Bertz CT molecular complexity index is 1350. The van der Waals surface area contributed by atoms with Gasteiger partial charge < -0.3 is 14.8 Å². The molecule has 0 aromatic heterocycles. The van der Waals surface area contributed by atoms with Gasteiger partial charge in [0.2, 0.25) is 0 Å². The van der Waals surface area contributed by atoms with E-state index < -0.39 is 5.82 Å². The van der Waals surface area contributed by atoms with E-state index in [1.165, 1.54) is 29.2 Å². The number of nitrogens with one attached hydrogen (secondary N) is 1. The van der Waals surface area contributed by atoms with Crippen LogP contribution in [0.5, 0.6) is 11.5 Å². The summed E-state index contributed by atoms with van der Waals surface area (Å²) in [6.07, 6.45) is 1.70. The van der Waals surface area contributed by atoms with Crippen LogP contribution in [-0.2, 0) is 9.59 Å². The van der Waals surface area contributed by atoms with Gasteiger partial charge >= 0.3 is 0 Å². The van der Waals surface area contributed by atoms with E-state index in [-0.39, 0.29) is 18.4 Å². The third-order valence-electron chi connectivity index (χ3n) is 4.91. The molecule has 0 radical (unpaired) electrons. The highest BCUT2D eigenvalue weighted by Crippen LogP contribution is 2.37. The van der Waals surface area contributed by atoms with Crippen LogP contribution in [0.1, 0.15) is 12.5 Å². The van der Waals surface area contributed by atoms with E-state index in [0.29, 0.717) is 49.3 Å². The Labute approximate surface area is 222 Å². The summed E-state index contributed by atoms with van der Waals surface area (Å²) in [7, 11) is 0. The number of amides is 2. The number of halogens is 2. The van der Waals surface area contributed by atoms with Crippen molar-refractivity contribution in [2.75, 3.05) is 23.4 Å². The number of carbonyl (C=O) groups is 2. The summed E-state index contributed by atoms with van der Waals surface area (Å²) in [6.45, 7) is 1.97. The molecule has 0 saturated carbocycles. The molecule has 1 aliphatic rings. The molecular formula is C26H20ClFN2O4S2. The number of hydrogen-bond acceptors (Lipinski definition) is 6. The van der Waals surface area contributed by atoms with Gasteiger partial charge in [-0.2, -0.15) is 0 Å². The second-order valence-electron chi connectivity index (χ2n) is 7.48. The molecule has 184 valence electrons. The first-order valence-electron chi connectivity index (χ1n) is 10.8. The van der Waals surface area contributed by atoms with Crippen molar-refractivity contribution in [1.29, 1.82) is 0 Å². The van der Waals surface area contributed by atoms with Gasteiger partial charge in [-0.15, -0.1) is 0 Å². The molecule has 0 unspecified atom stereocenters. The van der Waals surface area contributed by atoms with Crippen LogP contribution in [0.2, 0.25) is 5.02 Å². The second-order valence-corrected chi connectivity index (χ2v) is 9.59. The van der Waals surface area contributed by atoms with Crippen molar-refractivity contribution in [3.05, 3.63) is 88.0 Å². The Morgan fingerprint density at radius 2 is 1.89 bits per heavy atom. The predicted octanol–water partition coefficient (Wildman–Crippen LogP) is 6.30. The third-order valence-corrected chi connectivity index (χ3v) is 6.45. The Morgan fingerprint density at radius 3 is 2.61 bits per heavy atom. The van der Waals surface area contributed by atoms with Gasteiger partial charge in [0, 0.05) is 10.7 Å². The van der Waals surface area contributed by atoms with Crippen molar-refractivity contribution < 1.29 is 23.5 Å². The predicted molar refractivity (Wildman–Crippen MR) is 145 cm³/mol. The highest BCUT2D eigenvalue weighted by atomic mass is 35.5. The summed E-state index contributed by atoms with van der Waals surface area (Å²) in [4.78, 5) is 27.1. The zero-order valence-electron chi connectivity index (χ0n) is 19.0. The van der Waals surface area contributed by atoms with Crippen LogP contribution in [0.25, 0.3) is 6.08 Å². The zero-order valence-corrected chi connectivity index (χ0v) is 21.4. The largest absolute Gasteiger partial charge is 0.490 e. The molecule has 1 heterocycles. The number of rotatable bonds is 8. The standard InChI is InChI=1S/C26H20ClFN2O4S2/c1-2-33-22-12-16(6-11-21(22)34-15-24(31)29-19-5-3-4-17(27)14-19)13-23-25(32)30(26(35)36-23)20-9-7-18(28)8-10-20/h3-14H,2,15H2,1H3,(H,29,31)/b23-13-. The van der Waals surface area contributed by atoms with Gasteiger partial charge in [-0.3, -0.25) is 14.5 Å². The molecule has 3 aromatic carbocycles. The normalized spacial score (nSPS) is 14.3. The molecule has 1 fully saturated rings. The first-order valence-corrected chi connectivity index (χ1v) is 12.4. The summed E-state index contributed by atoms with van der Waals surface area (Å²) < 4.78 is 25.0. The summed E-state index contributed by atoms with van der Waals surface area (Å²) in [5.41, 5.74) is 1.75. The van der Waals surface area contributed by atoms with Crippen LogP contribution >= 0.6 is 35.6 Å². The fourth-order valence-electron chi connectivity index (χ4n) is 3.34. The number of carbonyl (C=O) groups excluding carboxylic acids is 2. The molecule has 3 aromatic rings. The molecule has 1 saturated heterocycles. The Morgan fingerprint density at radius 1 is 1.11 bits per heavy atom. The Balaban J connectivity index is 1.47. The minimum absolute atomic E-state index is 0.234. The maximum absolute atomic E-state index is 13.3. The van der Waals surface area contributed by atoms with Gasteiger partial charge in [-0.25, -0.2) is 4.39 Å². The van der Waals surface area contributed by atoms with Crippen LogP contribution in [0.4, 0.5) is 15.8 Å². The van der Waals surface area contributed by atoms with E-state index in [1.54, 1.807) is 48.5 Å². The number of benzene rings is 3. The monoisotopic (exact) mass is 542 g/mol. The number of anilines is 2. The van der Waals surface area contributed by atoms with Gasteiger partial charge in [-0.05, 0) is 73.2 Å². The zero-order chi connectivity index (χ0) is 25.7. The smallest absolute Gasteiger partial charge is 0.270 e. The lowest BCUT2D eigenvalue weighted by atomic mass is 10.1. The molecule has 1 aliphatic heterocycles. The van der Waals surface area contributed by atoms with E-state index >= 15 is 0 Å². The van der Waals surface area contributed by atoms with Crippen LogP contribution in [0, 0.1) is 5.82 Å². The summed E-state index contributed by atoms with van der Waals surface area (Å²) in [6, 6.07) is 17.5. The van der Waals surface area contributed by atoms with Crippen LogP contribution in [0.15, 0.2) is 71.6 Å². The number of ether oxygens (including phenoxy) is 2. The van der Waals surface area contributed by atoms with Gasteiger partial charge in [0.15, 0.2) is 22.4 Å². The fraction of sp³-hybridized carbons (Fsp3) is 0.115. The number of thiocarbonyl (C=S) groups is 1. The Kier molecular flexibility index (Phi) is 8.25. The maximum atomic E-state index is 13.3. The van der Waals surface area contributed by atoms with Gasteiger partial charge in [0.1, 0.15) is 5.82 Å². The quantitative estimate of drug-likeness (QED) is 0.266. The molecule has 0 aliphatic carbocycles. The second kappa shape index (κ2) is 11.6. The van der Waals surface area contributed by atoms with E-state index in [2.05, 4.69) is 5.32 Å². The maximum Gasteiger partial charge on any atom is 0.270 e. The average molecular weight is 543 g/mol. The molecule has 4 rings (SSSR count). The molecule has 0 bridgehead atoms. The van der Waals surface area contributed by atoms with E-state index in [1.807, 2.05) is 6.92 Å². The van der Waals surface area contributed by atoms with E-state index in [9.17, 15) is 14.0 Å². The van der Waals surface area contributed by atoms with E-state index in [4.69, 9.17) is 33.3 Å². The topological polar surface area (TPSA) is 67.9 Å². The summed E-state index contributed by atoms with van der Waals surface area (Å²) >= 11 is 12.5. The van der Waals surface area contributed by atoms with Crippen molar-refractivity contribution >= 4 is 69.2 Å². The minimum atomic E-state index is -0.396. The van der Waals surface area contributed by atoms with Crippen molar-refractivity contribution in [1.82, 2.24) is 0 Å². The van der Waals surface area contributed by atoms with Crippen molar-refractivity contribution in [2.24, 2.45) is 0 Å². The summed E-state index contributed by atoms with van der Waals surface area (Å²) in [5.74, 6) is -0.238. The van der Waals surface area contributed by atoms with Gasteiger partial charge in [0.05, 0.1) is 17.2 Å². The molecule has 36 heavy (non-hydrogen) atoms. The van der Waals surface area contributed by atoms with E-state index in [0.717, 1.165) is 11.8 Å². The van der Waals surface area contributed by atoms with Crippen LogP contribution in [-0.4, -0.2) is 29.3 Å². The lowest BCUT2D eigenvalue weighted by Gasteiger charge is -2.14. The third kappa shape index (κ3) is 6.23. The van der Waals surface area contributed by atoms with Gasteiger partial charge in [0.25, 0.3) is 11.8 Å². The molecule has 0 atom stereocenters. The van der Waals surface area contributed by atoms with Crippen molar-refractivity contribution in [2.45, 2.75) is 6.92 Å². The SMILES string of the molecule is CCOc1cc(/C=C2\SC(=S)N(c3ccc(F)cc3)C2=O)ccc1OCC(=O)Nc1cccc(Cl)c1. The molecule has 10 heteroatoms. The highest BCUT2D eigenvalue weighted by molar-refractivity contribution is 8.27. The minimum Gasteiger partial charge on any atom is -0.490 e. The molecule has 0 spiro atoms. The molecule has 2 amide bonds. The first kappa shape index (κ1) is 25.7. The Hall–Kier alpha value is -3.40. The molecule has 1 N–H and O–H groups in total. The van der Waals surface area contributed by atoms with Gasteiger partial charge in [-0.1, -0.05) is 47.7 Å². The first-order chi connectivity index (χ1) is 17.3. The number of nitrogens with zero attached hydrogens (tertiary/aromatic N) is 1. The average Bonchev–Trinajstić information content (AvgIpc) is 3.12. The van der Waals surface area contributed by atoms with Crippen molar-refractivity contribution in [3.8, 4) is 11.5 Å². The molecular weight excluding hydrogens is 523 g/mol. The fourth-order valence-corrected chi connectivity index (χ4v) is 4.83. The lowest BCUT2D eigenvalue weighted by Crippen LogP contribution is -2.27. The van der Waals surface area contributed by atoms with Crippen LogP contribution in [0.3, 0.4) is 0 Å². The summed E-state index contributed by atoms with van der Waals surface area (Å²) in [5, 5.41) is 3.23. The number of thioether (sulfide) groups is 1. The number of hydrogen-bond donors (Lipinski definition) is 1. The molecule has 6 nitrogen and oxygen atoms in total.